The molecule has 0 radical (unpaired) electrons. The summed E-state index contributed by atoms with van der Waals surface area (Å²) in [4.78, 5) is 23.8. The molecule has 4 N–H and O–H groups in total. The summed E-state index contributed by atoms with van der Waals surface area (Å²) in [6.45, 7) is 0. The molecule has 0 aliphatic rings. The van der Waals surface area contributed by atoms with Gasteiger partial charge in [-0.05, 0) is 29.3 Å². The van der Waals surface area contributed by atoms with Crippen molar-refractivity contribution in [2.75, 3.05) is 0 Å². The number of nitrogens with one attached hydrogen (secondary N) is 1. The number of carbonyl (C=O) groups is 2. The van der Waals surface area contributed by atoms with Gasteiger partial charge in [0.15, 0.2) is 6.10 Å². The molecule has 0 heterocycles. The molecular weight excluding hydrogens is 418 g/mol. The Morgan fingerprint density at radius 1 is 0.933 bits per heavy atom. The summed E-state index contributed by atoms with van der Waals surface area (Å²) in [6, 6.07) is 5.80. The van der Waals surface area contributed by atoms with Crippen LogP contribution in [0.2, 0.25) is 0 Å². The van der Waals surface area contributed by atoms with Gasteiger partial charge in [-0.2, -0.15) is 26.3 Å². The molecule has 2 amide bonds. The molecule has 0 bridgehead atoms. The molecule has 0 aromatic heterocycles. The molecule has 0 unspecified atom stereocenters. The highest BCUT2D eigenvalue weighted by Gasteiger charge is 2.35. The molecule has 30 heavy (non-hydrogen) atoms. The van der Waals surface area contributed by atoms with Gasteiger partial charge in [0.25, 0.3) is 5.91 Å². The molecule has 2 atom stereocenters. The Balaban J connectivity index is 2.17. The molecule has 0 saturated heterocycles. The average Bonchev–Trinajstić information content (AvgIpc) is 2.65. The first-order valence-electron chi connectivity index (χ1n) is 8.40. The number of carbonyl (C=O) groups excluding carboxylic acids is 2. The number of aliphatic hydroxyl groups is 1. The van der Waals surface area contributed by atoms with Gasteiger partial charge in [-0.1, -0.05) is 30.3 Å². The van der Waals surface area contributed by atoms with Crippen LogP contribution in [0.15, 0.2) is 48.5 Å². The van der Waals surface area contributed by atoms with Gasteiger partial charge < -0.3 is 16.2 Å². The normalized spacial score (nSPS) is 14.1. The van der Waals surface area contributed by atoms with E-state index in [0.29, 0.717) is 12.1 Å². The summed E-state index contributed by atoms with van der Waals surface area (Å²) in [5.74, 6) is -2.36. The number of rotatable bonds is 6. The number of primary amides is 1. The average molecular weight is 434 g/mol. The smallest absolute Gasteiger partial charge is 0.378 e. The molecule has 5 nitrogen and oxygen atoms in total. The minimum atomic E-state index is -4.71. The van der Waals surface area contributed by atoms with Gasteiger partial charge in [-0.3, -0.25) is 9.59 Å². The van der Waals surface area contributed by atoms with E-state index in [2.05, 4.69) is 0 Å². The minimum Gasteiger partial charge on any atom is -0.378 e. The van der Waals surface area contributed by atoms with Gasteiger partial charge in [0.1, 0.15) is 6.04 Å². The van der Waals surface area contributed by atoms with Gasteiger partial charge in [-0.25, -0.2) is 0 Å². The fraction of sp³-hybridized carbons (Fsp3) is 0.263. The molecule has 2 rings (SSSR count). The number of halogens is 6. The number of hydrogen-bond acceptors (Lipinski definition) is 3. The van der Waals surface area contributed by atoms with Crippen LogP contribution in [0.4, 0.5) is 26.3 Å². The van der Waals surface area contributed by atoms with E-state index in [0.717, 1.165) is 30.3 Å². The van der Waals surface area contributed by atoms with Crippen LogP contribution >= 0.6 is 0 Å². The van der Waals surface area contributed by atoms with Gasteiger partial charge in [0, 0.05) is 6.42 Å². The Labute approximate surface area is 166 Å². The van der Waals surface area contributed by atoms with E-state index in [1.807, 2.05) is 5.32 Å². The third-order valence-corrected chi connectivity index (χ3v) is 4.21. The molecule has 11 heteroatoms. The predicted octanol–water partition coefficient (Wildman–Crippen LogP) is 2.97. The maximum absolute atomic E-state index is 13.1. The van der Waals surface area contributed by atoms with Crippen molar-refractivity contribution in [3.05, 3.63) is 70.8 Å². The molecular formula is C19H16F6N2O3. The summed E-state index contributed by atoms with van der Waals surface area (Å²) >= 11 is 0. The third kappa shape index (κ3) is 5.72. The summed E-state index contributed by atoms with van der Waals surface area (Å²) in [5, 5.41) is 12.1. The quantitative estimate of drug-likeness (QED) is 0.611. The molecule has 0 fully saturated rings. The zero-order chi connectivity index (χ0) is 22.7. The highest BCUT2D eigenvalue weighted by atomic mass is 19.4. The number of aliphatic hydroxyl groups excluding tert-OH is 1. The van der Waals surface area contributed by atoms with Crippen molar-refractivity contribution in [2.45, 2.75) is 30.9 Å². The van der Waals surface area contributed by atoms with E-state index < -0.39 is 53.9 Å². The van der Waals surface area contributed by atoms with Crippen LogP contribution in [-0.2, 0) is 28.4 Å². The Morgan fingerprint density at radius 3 is 2.00 bits per heavy atom. The number of alkyl halides is 6. The summed E-state index contributed by atoms with van der Waals surface area (Å²) in [5.41, 5.74) is 2.62. The monoisotopic (exact) mass is 434 g/mol. The Bertz CT molecular complexity index is 910. The van der Waals surface area contributed by atoms with Crippen LogP contribution in [0.25, 0.3) is 0 Å². The highest BCUT2D eigenvalue weighted by molar-refractivity contribution is 5.89. The molecule has 0 spiro atoms. The van der Waals surface area contributed by atoms with Gasteiger partial charge in [0.2, 0.25) is 5.91 Å². The molecule has 162 valence electrons. The molecule has 2 aromatic carbocycles. The second-order valence-corrected chi connectivity index (χ2v) is 6.34. The van der Waals surface area contributed by atoms with Gasteiger partial charge >= 0.3 is 12.4 Å². The van der Waals surface area contributed by atoms with Crippen molar-refractivity contribution in [2.24, 2.45) is 5.73 Å². The second kappa shape index (κ2) is 8.74. The van der Waals surface area contributed by atoms with E-state index in [1.54, 1.807) is 0 Å². The van der Waals surface area contributed by atoms with E-state index >= 15 is 0 Å². The zero-order valence-corrected chi connectivity index (χ0v) is 15.1. The van der Waals surface area contributed by atoms with E-state index in [1.165, 1.54) is 6.07 Å². The lowest BCUT2D eigenvalue weighted by Gasteiger charge is -2.20. The van der Waals surface area contributed by atoms with Gasteiger partial charge in [-0.15, -0.1) is 0 Å². The number of nitrogens with two attached hydrogens (primary N) is 1. The minimum absolute atomic E-state index is 0.209. The van der Waals surface area contributed by atoms with Crippen LogP contribution in [0.5, 0.6) is 0 Å². The van der Waals surface area contributed by atoms with Crippen LogP contribution < -0.4 is 11.1 Å². The Morgan fingerprint density at radius 2 is 1.50 bits per heavy atom. The predicted molar refractivity (Wildman–Crippen MR) is 92.7 cm³/mol. The summed E-state index contributed by atoms with van der Waals surface area (Å²) in [7, 11) is 0. The van der Waals surface area contributed by atoms with Crippen molar-refractivity contribution in [3.63, 3.8) is 0 Å². The van der Waals surface area contributed by atoms with E-state index in [9.17, 15) is 41.0 Å². The van der Waals surface area contributed by atoms with E-state index in [4.69, 9.17) is 5.73 Å². The molecule has 2 aromatic rings. The fourth-order valence-corrected chi connectivity index (χ4v) is 2.67. The number of amides is 2. The summed E-state index contributed by atoms with van der Waals surface area (Å²) < 4.78 is 77.1. The Hall–Kier alpha value is -3.08. The largest absolute Gasteiger partial charge is 0.416 e. The van der Waals surface area contributed by atoms with Crippen molar-refractivity contribution in [1.82, 2.24) is 5.32 Å². The molecule has 0 aliphatic heterocycles. The van der Waals surface area contributed by atoms with Crippen molar-refractivity contribution in [3.8, 4) is 0 Å². The van der Waals surface area contributed by atoms with Crippen molar-refractivity contribution in [1.29, 1.82) is 0 Å². The fourth-order valence-electron chi connectivity index (χ4n) is 2.67. The van der Waals surface area contributed by atoms with Crippen LogP contribution in [0.1, 0.15) is 28.4 Å². The van der Waals surface area contributed by atoms with Crippen LogP contribution in [-0.4, -0.2) is 23.0 Å². The zero-order valence-electron chi connectivity index (χ0n) is 15.1. The van der Waals surface area contributed by atoms with E-state index in [-0.39, 0.29) is 11.1 Å². The SMILES string of the molecule is NC(=O)[C@H](Cc1ccccc1C(F)(F)F)NC(=O)[C@@H](O)c1ccc(C(F)(F)F)cc1. The number of benzene rings is 2. The number of hydrogen-bond donors (Lipinski definition) is 3. The highest BCUT2D eigenvalue weighted by Crippen LogP contribution is 2.32. The van der Waals surface area contributed by atoms with Crippen molar-refractivity contribution < 1.29 is 41.0 Å². The standard InChI is InChI=1S/C19H16F6N2O3/c20-18(21,22)12-7-5-10(6-8-12)15(28)17(30)27-14(16(26)29)9-11-3-1-2-4-13(11)19(23,24)25/h1-8,14-15,28H,9H2,(H2,26,29)(H,27,30)/t14-,15-/m0/s1. The first kappa shape index (κ1) is 23.2. The summed E-state index contributed by atoms with van der Waals surface area (Å²) in [6.07, 6.45) is -11.9. The van der Waals surface area contributed by atoms with Crippen LogP contribution in [0.3, 0.4) is 0 Å². The lowest BCUT2D eigenvalue weighted by atomic mass is 9.99. The van der Waals surface area contributed by atoms with Crippen LogP contribution in [0, 0.1) is 0 Å². The first-order valence-corrected chi connectivity index (χ1v) is 8.40. The third-order valence-electron chi connectivity index (χ3n) is 4.21. The lowest BCUT2D eigenvalue weighted by Crippen LogP contribution is -2.47. The molecule has 0 saturated carbocycles. The maximum Gasteiger partial charge on any atom is 0.416 e. The topological polar surface area (TPSA) is 92.4 Å². The maximum atomic E-state index is 13.1. The van der Waals surface area contributed by atoms with Gasteiger partial charge in [0.05, 0.1) is 11.1 Å². The lowest BCUT2D eigenvalue weighted by molar-refractivity contribution is -0.139. The first-order chi connectivity index (χ1) is 13.8. The Kier molecular flexibility index (Phi) is 6.76. The van der Waals surface area contributed by atoms with Crippen molar-refractivity contribution >= 4 is 11.8 Å². The molecule has 0 aliphatic carbocycles. The second-order valence-electron chi connectivity index (χ2n) is 6.34.